The average Bonchev–Trinajstić information content (AvgIpc) is 2.21. The van der Waals surface area contributed by atoms with Gasteiger partial charge in [0.2, 0.25) is 0 Å². The molecule has 0 saturated carbocycles. The molecule has 0 aliphatic heterocycles. The number of hydrogen-bond donors (Lipinski definition) is 3. The fourth-order valence-electron chi connectivity index (χ4n) is 0.940. The predicted molar refractivity (Wildman–Crippen MR) is 53.3 cm³/mol. The molecule has 4 N–H and O–H groups in total. The van der Waals surface area contributed by atoms with Gasteiger partial charge in [-0.3, -0.25) is 0 Å². The Bertz CT molecular complexity index is 346. The van der Waals surface area contributed by atoms with E-state index in [9.17, 15) is 8.78 Å². The number of halogens is 2. The molecule has 1 rings (SSSR count). The number of anilines is 2. The predicted octanol–water partition coefficient (Wildman–Crippen LogP) is 0.982. The van der Waals surface area contributed by atoms with Gasteiger partial charge in [-0.15, -0.1) is 0 Å². The summed E-state index contributed by atoms with van der Waals surface area (Å²) < 4.78 is 25.8. The number of rotatable bonds is 4. The SMILES string of the molecule is CC(CO)CNc1nc(N)c(F)cc1F. The van der Waals surface area contributed by atoms with Gasteiger partial charge in [0, 0.05) is 19.2 Å². The van der Waals surface area contributed by atoms with Crippen LogP contribution in [0.5, 0.6) is 0 Å². The molecule has 1 aromatic heterocycles. The average molecular weight is 217 g/mol. The second kappa shape index (κ2) is 4.88. The van der Waals surface area contributed by atoms with Gasteiger partial charge in [-0.1, -0.05) is 6.92 Å². The first-order chi connectivity index (χ1) is 7.04. The lowest BCUT2D eigenvalue weighted by molar-refractivity contribution is 0.244. The third-order valence-corrected chi connectivity index (χ3v) is 1.89. The largest absolute Gasteiger partial charge is 0.396 e. The molecule has 1 aromatic rings. The summed E-state index contributed by atoms with van der Waals surface area (Å²) in [7, 11) is 0. The fraction of sp³-hybridized carbons (Fsp3) is 0.444. The summed E-state index contributed by atoms with van der Waals surface area (Å²) in [6, 6.07) is 0.675. The van der Waals surface area contributed by atoms with Crippen molar-refractivity contribution in [2.24, 2.45) is 5.92 Å². The number of aromatic nitrogens is 1. The molecule has 1 unspecified atom stereocenters. The molecule has 6 heteroatoms. The van der Waals surface area contributed by atoms with Crippen molar-refractivity contribution in [1.82, 2.24) is 4.98 Å². The lowest BCUT2D eigenvalue weighted by atomic mass is 10.2. The Balaban J connectivity index is 2.73. The Kier molecular flexibility index (Phi) is 3.79. The number of aliphatic hydroxyl groups is 1. The number of hydrogen-bond acceptors (Lipinski definition) is 4. The Morgan fingerprint density at radius 3 is 2.80 bits per heavy atom. The molecule has 84 valence electrons. The highest BCUT2D eigenvalue weighted by Gasteiger charge is 2.10. The minimum Gasteiger partial charge on any atom is -0.396 e. The van der Waals surface area contributed by atoms with Crippen LogP contribution in [-0.2, 0) is 0 Å². The molecule has 0 aliphatic carbocycles. The van der Waals surface area contributed by atoms with E-state index in [-0.39, 0.29) is 24.2 Å². The standard InChI is InChI=1S/C9H13F2N3O/c1-5(4-15)3-13-9-7(11)2-6(10)8(12)14-9/h2,5,15H,3-4H2,1H3,(H3,12,13,14). The van der Waals surface area contributed by atoms with Crippen molar-refractivity contribution in [2.45, 2.75) is 6.92 Å². The van der Waals surface area contributed by atoms with Crippen molar-refractivity contribution in [1.29, 1.82) is 0 Å². The van der Waals surface area contributed by atoms with Crippen LogP contribution in [0.25, 0.3) is 0 Å². The summed E-state index contributed by atoms with van der Waals surface area (Å²) >= 11 is 0. The van der Waals surface area contributed by atoms with Gasteiger partial charge in [0.05, 0.1) is 0 Å². The van der Waals surface area contributed by atoms with Gasteiger partial charge in [-0.25, -0.2) is 13.8 Å². The first kappa shape index (κ1) is 11.6. The van der Waals surface area contributed by atoms with E-state index in [4.69, 9.17) is 10.8 Å². The van der Waals surface area contributed by atoms with Crippen LogP contribution in [0.4, 0.5) is 20.4 Å². The van der Waals surface area contributed by atoms with E-state index in [0.717, 1.165) is 0 Å². The molecule has 0 aromatic carbocycles. The molecule has 15 heavy (non-hydrogen) atoms. The van der Waals surface area contributed by atoms with Gasteiger partial charge in [-0.2, -0.15) is 0 Å². The third kappa shape index (κ3) is 3.02. The van der Waals surface area contributed by atoms with Gasteiger partial charge >= 0.3 is 0 Å². The first-order valence-electron chi connectivity index (χ1n) is 4.50. The van der Waals surface area contributed by atoms with Crippen molar-refractivity contribution in [3.05, 3.63) is 17.7 Å². The lowest BCUT2D eigenvalue weighted by Crippen LogP contribution is -2.16. The van der Waals surface area contributed by atoms with E-state index in [0.29, 0.717) is 12.6 Å². The van der Waals surface area contributed by atoms with E-state index in [2.05, 4.69) is 10.3 Å². The number of nitrogens with two attached hydrogens (primary N) is 1. The quantitative estimate of drug-likeness (QED) is 0.703. The van der Waals surface area contributed by atoms with Gasteiger partial charge in [-0.05, 0) is 5.92 Å². The summed E-state index contributed by atoms with van der Waals surface area (Å²) in [4.78, 5) is 3.51. The van der Waals surface area contributed by atoms with Crippen molar-refractivity contribution < 1.29 is 13.9 Å². The maximum Gasteiger partial charge on any atom is 0.168 e. The van der Waals surface area contributed by atoms with Crippen molar-refractivity contribution in [3.8, 4) is 0 Å². The number of pyridine rings is 1. The second-order valence-corrected chi connectivity index (χ2v) is 3.35. The molecular weight excluding hydrogens is 204 g/mol. The Labute approximate surface area is 86.1 Å². The molecule has 0 amide bonds. The number of nitrogens with zero attached hydrogens (tertiary/aromatic N) is 1. The number of nitrogen functional groups attached to an aromatic ring is 1. The highest BCUT2D eigenvalue weighted by Crippen LogP contribution is 2.16. The molecule has 1 atom stereocenters. The van der Waals surface area contributed by atoms with Gasteiger partial charge < -0.3 is 16.2 Å². The van der Waals surface area contributed by atoms with Gasteiger partial charge in [0.15, 0.2) is 23.3 Å². The zero-order valence-corrected chi connectivity index (χ0v) is 8.30. The normalized spacial score (nSPS) is 12.5. The summed E-state index contributed by atoms with van der Waals surface area (Å²) in [5.41, 5.74) is 5.19. The molecule has 0 fully saturated rings. The molecular formula is C9H13F2N3O. The molecule has 0 spiro atoms. The maximum atomic E-state index is 13.1. The fourth-order valence-corrected chi connectivity index (χ4v) is 0.940. The summed E-state index contributed by atoms with van der Waals surface area (Å²) in [6.07, 6.45) is 0. The molecule has 4 nitrogen and oxygen atoms in total. The first-order valence-corrected chi connectivity index (χ1v) is 4.50. The van der Waals surface area contributed by atoms with Crippen molar-refractivity contribution >= 4 is 11.6 Å². The van der Waals surface area contributed by atoms with E-state index in [1.807, 2.05) is 0 Å². The van der Waals surface area contributed by atoms with Crippen LogP contribution in [0, 0.1) is 17.6 Å². The monoisotopic (exact) mass is 217 g/mol. The van der Waals surface area contributed by atoms with Crippen LogP contribution in [-0.4, -0.2) is 23.2 Å². The molecule has 1 heterocycles. The summed E-state index contributed by atoms with van der Waals surface area (Å²) in [6.45, 7) is 2.09. The minimum atomic E-state index is -0.881. The van der Waals surface area contributed by atoms with Crippen LogP contribution < -0.4 is 11.1 Å². The zero-order chi connectivity index (χ0) is 11.4. The third-order valence-electron chi connectivity index (χ3n) is 1.89. The molecule has 0 saturated heterocycles. The topological polar surface area (TPSA) is 71.2 Å². The number of nitrogens with one attached hydrogen (secondary N) is 1. The number of aliphatic hydroxyl groups excluding tert-OH is 1. The van der Waals surface area contributed by atoms with Crippen LogP contribution in [0.3, 0.4) is 0 Å². The zero-order valence-electron chi connectivity index (χ0n) is 8.30. The van der Waals surface area contributed by atoms with Crippen LogP contribution in [0.2, 0.25) is 0 Å². The highest BCUT2D eigenvalue weighted by atomic mass is 19.1. The van der Waals surface area contributed by atoms with E-state index < -0.39 is 11.6 Å². The van der Waals surface area contributed by atoms with E-state index >= 15 is 0 Å². The maximum absolute atomic E-state index is 13.1. The van der Waals surface area contributed by atoms with Gasteiger partial charge in [0.25, 0.3) is 0 Å². The van der Waals surface area contributed by atoms with Crippen LogP contribution >= 0.6 is 0 Å². The van der Waals surface area contributed by atoms with Crippen LogP contribution in [0.15, 0.2) is 6.07 Å². The van der Waals surface area contributed by atoms with Gasteiger partial charge in [0.1, 0.15) is 0 Å². The highest BCUT2D eigenvalue weighted by molar-refractivity contribution is 5.44. The Morgan fingerprint density at radius 2 is 2.20 bits per heavy atom. The van der Waals surface area contributed by atoms with Crippen molar-refractivity contribution in [3.63, 3.8) is 0 Å². The smallest absolute Gasteiger partial charge is 0.168 e. The lowest BCUT2D eigenvalue weighted by Gasteiger charge is -2.11. The summed E-state index contributed by atoms with van der Waals surface area (Å²) in [5.74, 6) is -2.18. The summed E-state index contributed by atoms with van der Waals surface area (Å²) in [5, 5.41) is 11.4. The van der Waals surface area contributed by atoms with E-state index in [1.165, 1.54) is 0 Å². The second-order valence-electron chi connectivity index (χ2n) is 3.35. The Morgan fingerprint density at radius 1 is 1.53 bits per heavy atom. The van der Waals surface area contributed by atoms with E-state index in [1.54, 1.807) is 6.92 Å². The molecule has 0 bridgehead atoms. The Hall–Kier alpha value is -1.43. The van der Waals surface area contributed by atoms with Crippen molar-refractivity contribution in [2.75, 3.05) is 24.2 Å². The molecule has 0 radical (unpaired) electrons. The minimum absolute atomic E-state index is 0.0225. The molecule has 0 aliphatic rings. The van der Waals surface area contributed by atoms with Crippen LogP contribution in [0.1, 0.15) is 6.92 Å².